The molecule has 0 radical (unpaired) electrons. The Bertz CT molecular complexity index is 1320. The van der Waals surface area contributed by atoms with E-state index in [0.29, 0.717) is 40.0 Å². The highest BCUT2D eigenvalue weighted by molar-refractivity contribution is 5.87. The molecule has 0 saturated heterocycles. The van der Waals surface area contributed by atoms with Crippen molar-refractivity contribution in [1.82, 2.24) is 19.9 Å². The minimum atomic E-state index is -0.322. The third kappa shape index (κ3) is 3.97. The van der Waals surface area contributed by atoms with Crippen LogP contribution in [-0.2, 0) is 0 Å². The second-order valence-corrected chi connectivity index (χ2v) is 6.66. The third-order valence-electron chi connectivity index (χ3n) is 4.75. The Morgan fingerprint density at radius 2 is 1.65 bits per heavy atom. The second-order valence-electron chi connectivity index (χ2n) is 6.66. The van der Waals surface area contributed by atoms with Crippen molar-refractivity contribution >= 4 is 22.8 Å². The van der Waals surface area contributed by atoms with Crippen LogP contribution in [0.3, 0.4) is 0 Å². The number of benzene rings is 2. The van der Waals surface area contributed by atoms with E-state index in [2.05, 4.69) is 25.3 Å². The zero-order valence-electron chi connectivity index (χ0n) is 17.5. The predicted octanol–water partition coefficient (Wildman–Crippen LogP) is 3.46. The van der Waals surface area contributed by atoms with Crippen molar-refractivity contribution in [1.29, 1.82) is 0 Å². The lowest BCUT2D eigenvalue weighted by atomic mass is 10.1. The van der Waals surface area contributed by atoms with Gasteiger partial charge in [0, 0.05) is 17.0 Å². The Kier molecular flexibility index (Phi) is 5.40. The predicted molar refractivity (Wildman–Crippen MR) is 118 cm³/mol. The molecule has 0 aliphatic rings. The number of ether oxygens (including phenoxy) is 3. The maximum atomic E-state index is 12.3. The summed E-state index contributed by atoms with van der Waals surface area (Å²) in [7, 11) is 4.70. The lowest BCUT2D eigenvalue weighted by molar-refractivity contribution is 0.355. The molecule has 31 heavy (non-hydrogen) atoms. The molecule has 0 aliphatic carbocycles. The molecule has 2 heterocycles. The number of anilines is 2. The molecule has 0 spiro atoms. The van der Waals surface area contributed by atoms with Crippen LogP contribution in [-0.4, -0.2) is 41.3 Å². The maximum Gasteiger partial charge on any atom is 0.252 e. The number of nitrogens with one attached hydrogen (secondary N) is 2. The van der Waals surface area contributed by atoms with Gasteiger partial charge in [-0.05, 0) is 31.2 Å². The molecule has 4 rings (SSSR count). The van der Waals surface area contributed by atoms with Crippen molar-refractivity contribution in [2.75, 3.05) is 26.6 Å². The fraction of sp³-hybridized carbons (Fsp3) is 0.182. The molecule has 0 fully saturated rings. The summed E-state index contributed by atoms with van der Waals surface area (Å²) in [4.78, 5) is 28.5. The number of para-hydroxylation sites is 1. The number of H-pyrrole nitrogens is 1. The standard InChI is InChI=1S/C22H21N5O4/c1-12-14-6-5-7-17(30-3)20(14)26-21(23-12)27-22-24-15(11-19(28)25-22)13-8-9-16(29-2)18(10-13)31-4/h5-11H,1-4H3,(H2,23,24,25,26,27,28). The average Bonchev–Trinajstić information content (AvgIpc) is 2.77. The summed E-state index contributed by atoms with van der Waals surface area (Å²) in [6.07, 6.45) is 0. The molecule has 2 aromatic carbocycles. The summed E-state index contributed by atoms with van der Waals surface area (Å²) in [6, 6.07) is 12.4. The van der Waals surface area contributed by atoms with E-state index in [0.717, 1.165) is 11.1 Å². The highest BCUT2D eigenvalue weighted by Crippen LogP contribution is 2.31. The van der Waals surface area contributed by atoms with Crippen molar-refractivity contribution < 1.29 is 14.2 Å². The molecule has 9 nitrogen and oxygen atoms in total. The van der Waals surface area contributed by atoms with Gasteiger partial charge in [-0.2, -0.15) is 0 Å². The van der Waals surface area contributed by atoms with Gasteiger partial charge in [0.25, 0.3) is 5.56 Å². The van der Waals surface area contributed by atoms with Gasteiger partial charge in [0.2, 0.25) is 11.9 Å². The summed E-state index contributed by atoms with van der Waals surface area (Å²) < 4.78 is 16.0. The first-order valence-electron chi connectivity index (χ1n) is 9.44. The summed E-state index contributed by atoms with van der Waals surface area (Å²) in [5.41, 5.74) is 2.27. The van der Waals surface area contributed by atoms with Crippen molar-refractivity contribution in [3.8, 4) is 28.5 Å². The van der Waals surface area contributed by atoms with Crippen LogP contribution in [0.4, 0.5) is 11.9 Å². The third-order valence-corrected chi connectivity index (χ3v) is 4.75. The summed E-state index contributed by atoms with van der Waals surface area (Å²) in [5, 5.41) is 3.87. The normalized spacial score (nSPS) is 10.7. The Morgan fingerprint density at radius 3 is 2.39 bits per heavy atom. The van der Waals surface area contributed by atoms with E-state index in [1.807, 2.05) is 25.1 Å². The maximum absolute atomic E-state index is 12.3. The Labute approximate surface area is 178 Å². The summed E-state index contributed by atoms with van der Waals surface area (Å²) in [5.74, 6) is 2.26. The van der Waals surface area contributed by atoms with Crippen LogP contribution >= 0.6 is 0 Å². The first-order chi connectivity index (χ1) is 15.0. The van der Waals surface area contributed by atoms with Crippen molar-refractivity contribution in [3.05, 3.63) is 58.5 Å². The monoisotopic (exact) mass is 419 g/mol. The number of aromatic nitrogens is 4. The molecule has 0 atom stereocenters. The van der Waals surface area contributed by atoms with E-state index in [-0.39, 0.29) is 11.5 Å². The molecule has 4 aromatic rings. The van der Waals surface area contributed by atoms with Crippen molar-refractivity contribution in [3.63, 3.8) is 0 Å². The van der Waals surface area contributed by atoms with E-state index in [1.165, 1.54) is 6.07 Å². The fourth-order valence-electron chi connectivity index (χ4n) is 3.27. The highest BCUT2D eigenvalue weighted by atomic mass is 16.5. The number of methoxy groups -OCH3 is 3. The van der Waals surface area contributed by atoms with Crippen LogP contribution < -0.4 is 25.1 Å². The largest absolute Gasteiger partial charge is 0.494 e. The minimum absolute atomic E-state index is 0.214. The van der Waals surface area contributed by atoms with Gasteiger partial charge < -0.3 is 14.2 Å². The van der Waals surface area contributed by atoms with Crippen LogP contribution in [0.15, 0.2) is 47.3 Å². The molecule has 2 N–H and O–H groups in total. The van der Waals surface area contributed by atoms with Gasteiger partial charge in [0.1, 0.15) is 11.3 Å². The summed E-state index contributed by atoms with van der Waals surface area (Å²) >= 11 is 0. The number of rotatable bonds is 6. The smallest absolute Gasteiger partial charge is 0.252 e. The Morgan fingerprint density at radius 1 is 0.871 bits per heavy atom. The van der Waals surface area contributed by atoms with Gasteiger partial charge in [-0.25, -0.2) is 15.0 Å². The molecule has 0 saturated carbocycles. The molecule has 2 aromatic heterocycles. The van der Waals surface area contributed by atoms with Crippen LogP contribution in [0, 0.1) is 6.92 Å². The number of hydrogen-bond donors (Lipinski definition) is 2. The number of aryl methyl sites for hydroxylation is 1. The van der Waals surface area contributed by atoms with Gasteiger partial charge in [0.15, 0.2) is 11.5 Å². The second kappa shape index (κ2) is 8.31. The van der Waals surface area contributed by atoms with Gasteiger partial charge in [-0.15, -0.1) is 0 Å². The van der Waals surface area contributed by atoms with E-state index < -0.39 is 0 Å². The number of aromatic amines is 1. The Hall–Kier alpha value is -4.14. The zero-order valence-corrected chi connectivity index (χ0v) is 17.5. The molecule has 0 unspecified atom stereocenters. The number of hydrogen-bond acceptors (Lipinski definition) is 8. The topological polar surface area (TPSA) is 111 Å². The highest BCUT2D eigenvalue weighted by Gasteiger charge is 2.12. The van der Waals surface area contributed by atoms with Crippen LogP contribution in [0.5, 0.6) is 17.2 Å². The van der Waals surface area contributed by atoms with Crippen LogP contribution in [0.2, 0.25) is 0 Å². The number of nitrogens with zero attached hydrogens (tertiary/aromatic N) is 3. The van der Waals surface area contributed by atoms with Crippen molar-refractivity contribution in [2.24, 2.45) is 0 Å². The first-order valence-corrected chi connectivity index (χ1v) is 9.44. The van der Waals surface area contributed by atoms with Crippen LogP contribution in [0.25, 0.3) is 22.2 Å². The SMILES string of the molecule is COc1ccc(-c2cc(=O)[nH]c(Nc3nc(C)c4cccc(OC)c4n3)n2)cc1OC. The van der Waals surface area contributed by atoms with E-state index in [9.17, 15) is 4.79 Å². The molecule has 0 amide bonds. The quantitative estimate of drug-likeness (QED) is 0.489. The molecule has 9 heteroatoms. The van der Waals surface area contributed by atoms with Crippen LogP contribution in [0.1, 0.15) is 5.69 Å². The van der Waals surface area contributed by atoms with Gasteiger partial charge in [-0.3, -0.25) is 15.1 Å². The van der Waals surface area contributed by atoms with Crippen molar-refractivity contribution in [2.45, 2.75) is 6.92 Å². The lowest BCUT2D eigenvalue weighted by Gasteiger charge is -2.11. The average molecular weight is 419 g/mol. The van der Waals surface area contributed by atoms with E-state index >= 15 is 0 Å². The van der Waals surface area contributed by atoms with Gasteiger partial charge in [-0.1, -0.05) is 12.1 Å². The van der Waals surface area contributed by atoms with Gasteiger partial charge >= 0.3 is 0 Å². The van der Waals surface area contributed by atoms with E-state index in [1.54, 1.807) is 39.5 Å². The number of fused-ring (bicyclic) bond motifs is 1. The molecule has 0 aliphatic heterocycles. The fourth-order valence-corrected chi connectivity index (χ4v) is 3.27. The Balaban J connectivity index is 1.74. The lowest BCUT2D eigenvalue weighted by Crippen LogP contribution is -2.12. The first kappa shape index (κ1) is 20.1. The van der Waals surface area contributed by atoms with Gasteiger partial charge in [0.05, 0.1) is 32.7 Å². The van der Waals surface area contributed by atoms with E-state index in [4.69, 9.17) is 14.2 Å². The summed E-state index contributed by atoms with van der Waals surface area (Å²) in [6.45, 7) is 1.88. The molecule has 0 bridgehead atoms. The molecular formula is C22H21N5O4. The molecular weight excluding hydrogens is 398 g/mol. The molecule has 158 valence electrons. The zero-order chi connectivity index (χ0) is 22.0. The minimum Gasteiger partial charge on any atom is -0.494 e.